The Bertz CT molecular complexity index is 1610. The van der Waals surface area contributed by atoms with Gasteiger partial charge in [-0.2, -0.15) is 26.3 Å². The maximum Gasteiger partial charge on any atom is 0.430 e. The summed E-state index contributed by atoms with van der Waals surface area (Å²) in [6.07, 6.45) is -11.0. The third-order valence-electron chi connectivity index (χ3n) is 8.05. The van der Waals surface area contributed by atoms with Crippen LogP contribution in [0.1, 0.15) is 43.4 Å². The van der Waals surface area contributed by atoms with E-state index in [-0.39, 0.29) is 31.9 Å². The van der Waals surface area contributed by atoms with Crippen LogP contribution in [0.5, 0.6) is 17.2 Å². The first-order valence-electron chi connectivity index (χ1n) is 14.4. The molecular formula is C32H30F6N2O6. The summed E-state index contributed by atoms with van der Waals surface area (Å²) >= 11 is 0. The molecule has 2 aliphatic rings. The Morgan fingerprint density at radius 2 is 1.61 bits per heavy atom. The zero-order valence-corrected chi connectivity index (χ0v) is 24.7. The molecule has 46 heavy (non-hydrogen) atoms. The largest absolute Gasteiger partial charge is 0.494 e. The van der Waals surface area contributed by atoms with E-state index in [1.165, 1.54) is 0 Å². The van der Waals surface area contributed by atoms with Gasteiger partial charge in [0, 0.05) is 12.1 Å². The fourth-order valence-electron chi connectivity index (χ4n) is 5.51. The van der Waals surface area contributed by atoms with E-state index in [4.69, 9.17) is 14.2 Å². The fourth-order valence-corrected chi connectivity index (χ4v) is 5.51. The molecule has 14 heteroatoms. The van der Waals surface area contributed by atoms with Gasteiger partial charge in [0.15, 0.2) is 11.5 Å². The Labute approximate surface area is 259 Å². The molecule has 5 rings (SSSR count). The molecule has 0 bridgehead atoms. The average molecular weight is 653 g/mol. The van der Waals surface area contributed by atoms with Crippen molar-refractivity contribution in [3.8, 4) is 28.4 Å². The van der Waals surface area contributed by atoms with E-state index in [2.05, 4.69) is 5.32 Å². The molecule has 2 heterocycles. The number of aryl methyl sites for hydroxylation is 1. The van der Waals surface area contributed by atoms with Crippen LogP contribution in [0.25, 0.3) is 11.1 Å². The third-order valence-corrected chi connectivity index (χ3v) is 8.05. The van der Waals surface area contributed by atoms with Crippen molar-refractivity contribution < 1.29 is 55.2 Å². The number of amides is 3. The highest BCUT2D eigenvalue weighted by Gasteiger charge is 2.71. The molecule has 1 atom stereocenters. The number of hydrogen-bond donors (Lipinski definition) is 2. The fraction of sp³-hybridized carbons (Fsp3) is 0.375. The summed E-state index contributed by atoms with van der Waals surface area (Å²) in [6, 6.07) is 13.4. The maximum atomic E-state index is 13.4. The number of carbonyl (C=O) groups excluding carboxylic acids is 2. The highest BCUT2D eigenvalue weighted by Crippen LogP contribution is 2.50. The van der Waals surface area contributed by atoms with Crippen LogP contribution < -0.4 is 19.5 Å². The number of halogens is 6. The zero-order chi connectivity index (χ0) is 33.5. The van der Waals surface area contributed by atoms with Crippen LogP contribution in [0.15, 0.2) is 60.7 Å². The number of aliphatic hydroxyl groups is 1. The number of imide groups is 1. The number of rotatable bonds is 10. The molecule has 3 aromatic rings. The van der Waals surface area contributed by atoms with Gasteiger partial charge in [0.2, 0.25) is 6.79 Å². The lowest BCUT2D eigenvalue weighted by Gasteiger charge is -2.33. The first-order valence-corrected chi connectivity index (χ1v) is 14.4. The first kappa shape index (κ1) is 32.9. The van der Waals surface area contributed by atoms with E-state index in [9.17, 15) is 41.0 Å². The van der Waals surface area contributed by atoms with Crippen LogP contribution in [0.4, 0.5) is 31.1 Å². The Morgan fingerprint density at radius 1 is 0.935 bits per heavy atom. The average Bonchev–Trinajstić information content (AvgIpc) is 3.56. The molecule has 246 valence electrons. The number of ether oxygens (including phenoxy) is 3. The van der Waals surface area contributed by atoms with Gasteiger partial charge in [0.05, 0.1) is 6.61 Å². The van der Waals surface area contributed by atoms with Crippen molar-refractivity contribution in [2.75, 3.05) is 19.9 Å². The molecule has 0 radical (unpaired) electrons. The summed E-state index contributed by atoms with van der Waals surface area (Å²) in [4.78, 5) is 27.0. The molecule has 1 unspecified atom stereocenters. The predicted molar refractivity (Wildman–Crippen MR) is 152 cm³/mol. The molecule has 3 amide bonds. The Kier molecular flexibility index (Phi) is 8.62. The van der Waals surface area contributed by atoms with Gasteiger partial charge in [-0.1, -0.05) is 49.7 Å². The summed E-state index contributed by atoms with van der Waals surface area (Å²) < 4.78 is 97.1. The highest BCUT2D eigenvalue weighted by atomic mass is 19.4. The number of fused-ring (bicyclic) bond motifs is 1. The van der Waals surface area contributed by atoms with E-state index < -0.39 is 41.0 Å². The summed E-state index contributed by atoms with van der Waals surface area (Å²) in [6.45, 7) is 3.62. The van der Waals surface area contributed by atoms with Gasteiger partial charge in [0.1, 0.15) is 11.3 Å². The van der Waals surface area contributed by atoms with E-state index in [1.54, 1.807) is 56.3 Å². The molecule has 0 saturated carbocycles. The summed E-state index contributed by atoms with van der Waals surface area (Å²) in [5.41, 5.74) is -5.92. The van der Waals surface area contributed by atoms with E-state index in [0.717, 1.165) is 17.0 Å². The van der Waals surface area contributed by atoms with Gasteiger partial charge in [-0.15, -0.1) is 0 Å². The Hall–Kier alpha value is -4.46. The van der Waals surface area contributed by atoms with Crippen LogP contribution in [0, 0.1) is 0 Å². The minimum absolute atomic E-state index is 0.0690. The smallest absolute Gasteiger partial charge is 0.430 e. The standard InChI is InChI=1S/C32H30F6N2O6/c1-3-5-20-16-22(30(43,31(33,34)35)32(36,37)38)8-12-24(20)19-6-10-23(11-7-19)44-15-4-14-40-27(41)29(2,39-28(40)42)21-9-13-25-26(17-21)46-18-45-25/h6-13,16-17,43H,3-5,14-15,18H2,1-2H3,(H,39,42). The van der Waals surface area contributed by atoms with Crippen LogP contribution >= 0.6 is 0 Å². The van der Waals surface area contributed by atoms with Crippen molar-refractivity contribution in [2.45, 2.75) is 56.6 Å². The van der Waals surface area contributed by atoms with Crippen molar-refractivity contribution in [3.63, 3.8) is 0 Å². The Morgan fingerprint density at radius 3 is 2.26 bits per heavy atom. The van der Waals surface area contributed by atoms with E-state index in [1.807, 2.05) is 0 Å². The minimum Gasteiger partial charge on any atom is -0.494 e. The second kappa shape index (κ2) is 12.0. The molecule has 2 aliphatic heterocycles. The molecule has 3 aromatic carbocycles. The summed E-state index contributed by atoms with van der Waals surface area (Å²) in [7, 11) is 0. The Balaban J connectivity index is 1.22. The number of urea groups is 1. The number of nitrogens with zero attached hydrogens (tertiary/aromatic N) is 1. The molecule has 0 aliphatic carbocycles. The van der Waals surface area contributed by atoms with Crippen molar-refractivity contribution >= 4 is 11.9 Å². The van der Waals surface area contributed by atoms with Crippen LogP contribution in [0.2, 0.25) is 0 Å². The number of nitrogens with one attached hydrogen (secondary N) is 1. The third kappa shape index (κ3) is 5.81. The summed E-state index contributed by atoms with van der Waals surface area (Å²) in [5, 5.41) is 12.6. The second-order valence-corrected chi connectivity index (χ2v) is 11.1. The van der Waals surface area contributed by atoms with Gasteiger partial charge in [-0.05, 0) is 66.3 Å². The normalized spacial score (nSPS) is 18.2. The molecule has 1 fully saturated rings. The van der Waals surface area contributed by atoms with Crippen LogP contribution in [-0.4, -0.2) is 54.2 Å². The van der Waals surface area contributed by atoms with E-state index in [0.29, 0.717) is 52.8 Å². The molecule has 1 saturated heterocycles. The van der Waals surface area contributed by atoms with Crippen molar-refractivity contribution in [2.24, 2.45) is 0 Å². The number of hydrogen-bond acceptors (Lipinski definition) is 6. The SMILES string of the molecule is CCCc1cc(C(O)(C(F)(F)F)C(F)(F)F)ccc1-c1ccc(OCCCN2C(=O)NC(C)(c3ccc4c(c3)OCO4)C2=O)cc1. The molecule has 2 N–H and O–H groups in total. The monoisotopic (exact) mass is 652 g/mol. The number of benzene rings is 3. The van der Waals surface area contributed by atoms with Gasteiger partial charge < -0.3 is 24.6 Å². The van der Waals surface area contributed by atoms with E-state index >= 15 is 0 Å². The second-order valence-electron chi connectivity index (χ2n) is 11.1. The van der Waals surface area contributed by atoms with Gasteiger partial charge >= 0.3 is 18.4 Å². The number of carbonyl (C=O) groups is 2. The quantitative estimate of drug-likeness (QED) is 0.146. The van der Waals surface area contributed by atoms with Gasteiger partial charge in [-0.25, -0.2) is 4.79 Å². The number of alkyl halides is 6. The summed E-state index contributed by atoms with van der Waals surface area (Å²) in [5.74, 6) is 1.01. The molecule has 8 nitrogen and oxygen atoms in total. The van der Waals surface area contributed by atoms with Crippen molar-refractivity contribution in [3.05, 3.63) is 77.4 Å². The lowest BCUT2D eigenvalue weighted by atomic mass is 9.87. The minimum atomic E-state index is -5.98. The van der Waals surface area contributed by atoms with Gasteiger partial charge in [-0.3, -0.25) is 9.69 Å². The van der Waals surface area contributed by atoms with Crippen LogP contribution in [0.3, 0.4) is 0 Å². The topological polar surface area (TPSA) is 97.3 Å². The highest BCUT2D eigenvalue weighted by molar-refractivity contribution is 6.07. The zero-order valence-electron chi connectivity index (χ0n) is 24.7. The molecule has 0 spiro atoms. The lowest BCUT2D eigenvalue weighted by molar-refractivity contribution is -0.376. The molecule has 0 aromatic heterocycles. The molecular weight excluding hydrogens is 622 g/mol. The lowest BCUT2D eigenvalue weighted by Crippen LogP contribution is -2.53. The van der Waals surface area contributed by atoms with Crippen molar-refractivity contribution in [1.82, 2.24) is 10.2 Å². The predicted octanol–water partition coefficient (Wildman–Crippen LogP) is 6.58. The van der Waals surface area contributed by atoms with Gasteiger partial charge in [0.25, 0.3) is 11.5 Å². The van der Waals surface area contributed by atoms with Crippen molar-refractivity contribution in [1.29, 1.82) is 0 Å². The van der Waals surface area contributed by atoms with Crippen LogP contribution in [-0.2, 0) is 22.4 Å². The maximum absolute atomic E-state index is 13.4. The first-order chi connectivity index (χ1) is 21.6.